The Hall–Kier alpha value is -1.85. The van der Waals surface area contributed by atoms with E-state index in [2.05, 4.69) is 48.4 Å². The van der Waals surface area contributed by atoms with E-state index in [1.165, 1.54) is 22.2 Å². The summed E-state index contributed by atoms with van der Waals surface area (Å²) in [6.07, 6.45) is 0. The number of likely N-dealkylation sites (N-methyl/N-ethyl adjacent to an activating group) is 2. The Kier molecular flexibility index (Phi) is 5.16. The average Bonchev–Trinajstić information content (AvgIpc) is 2.84. The van der Waals surface area contributed by atoms with E-state index < -0.39 is 0 Å². The second-order valence-corrected chi connectivity index (χ2v) is 7.37. The normalized spacial score (nSPS) is 16.5. The fraction of sp³-hybridized carbons (Fsp3) is 0.550. The number of rotatable bonds is 4. The lowest BCUT2D eigenvalue weighted by atomic mass is 10.1. The van der Waals surface area contributed by atoms with Gasteiger partial charge in [-0.1, -0.05) is 0 Å². The molecule has 3 rings (SSSR count). The summed E-state index contributed by atoms with van der Waals surface area (Å²) in [6.45, 7) is 10.4. The number of nitrogens with zero attached hydrogens (tertiary/aromatic N) is 4. The van der Waals surface area contributed by atoms with Crippen LogP contribution in [0.15, 0.2) is 18.2 Å². The van der Waals surface area contributed by atoms with Crippen molar-refractivity contribution in [2.75, 3.05) is 53.4 Å². The predicted octanol–water partition coefficient (Wildman–Crippen LogP) is 2.11. The summed E-state index contributed by atoms with van der Waals surface area (Å²) in [5.41, 5.74) is 4.48. The fourth-order valence-corrected chi connectivity index (χ4v) is 3.57. The molecule has 1 fully saturated rings. The van der Waals surface area contributed by atoms with E-state index in [1.54, 1.807) is 0 Å². The first-order valence-corrected chi connectivity index (χ1v) is 9.10. The number of benzene rings is 1. The van der Waals surface area contributed by atoms with E-state index in [1.807, 2.05) is 24.1 Å². The van der Waals surface area contributed by atoms with E-state index in [0.29, 0.717) is 0 Å². The molecule has 0 spiro atoms. The Labute approximate surface area is 150 Å². The van der Waals surface area contributed by atoms with Gasteiger partial charge >= 0.3 is 0 Å². The third-order valence-corrected chi connectivity index (χ3v) is 5.75. The standard InChI is InChI=1S/C20H30N4O/c1-15-16(2)23(5)19-7-6-17(14-18(15)19)20(25)22(4)10-13-24-11-8-21(3)9-12-24/h6-7,14H,8-13H2,1-5H3. The topological polar surface area (TPSA) is 31.7 Å². The number of carbonyl (C=O) groups is 1. The van der Waals surface area contributed by atoms with Crippen molar-refractivity contribution >= 4 is 16.8 Å². The molecule has 0 saturated carbocycles. The second kappa shape index (κ2) is 7.18. The van der Waals surface area contributed by atoms with Gasteiger partial charge in [0.25, 0.3) is 5.91 Å². The van der Waals surface area contributed by atoms with Crippen LogP contribution in [-0.2, 0) is 7.05 Å². The molecule has 5 heteroatoms. The Morgan fingerprint density at radius 2 is 1.80 bits per heavy atom. The Balaban J connectivity index is 1.67. The zero-order chi connectivity index (χ0) is 18.1. The van der Waals surface area contributed by atoms with Crippen LogP contribution in [0.4, 0.5) is 0 Å². The fourth-order valence-electron chi connectivity index (χ4n) is 3.57. The molecular weight excluding hydrogens is 312 g/mol. The van der Waals surface area contributed by atoms with Gasteiger partial charge in [-0.3, -0.25) is 9.69 Å². The van der Waals surface area contributed by atoms with Crippen LogP contribution in [0.2, 0.25) is 0 Å². The number of aromatic nitrogens is 1. The second-order valence-electron chi connectivity index (χ2n) is 7.37. The van der Waals surface area contributed by atoms with Crippen molar-refractivity contribution in [3.63, 3.8) is 0 Å². The maximum absolute atomic E-state index is 12.8. The van der Waals surface area contributed by atoms with Gasteiger partial charge in [0.05, 0.1) is 0 Å². The minimum absolute atomic E-state index is 0.108. The number of fused-ring (bicyclic) bond motifs is 1. The molecule has 1 amide bonds. The zero-order valence-corrected chi connectivity index (χ0v) is 16.2. The van der Waals surface area contributed by atoms with Gasteiger partial charge in [0.2, 0.25) is 0 Å². The smallest absolute Gasteiger partial charge is 0.253 e. The lowest BCUT2D eigenvalue weighted by Crippen LogP contribution is -2.47. The summed E-state index contributed by atoms with van der Waals surface area (Å²) < 4.78 is 2.19. The van der Waals surface area contributed by atoms with Gasteiger partial charge in [-0.05, 0) is 44.7 Å². The first kappa shape index (κ1) is 18.0. The highest BCUT2D eigenvalue weighted by Crippen LogP contribution is 2.25. The molecule has 0 aliphatic carbocycles. The summed E-state index contributed by atoms with van der Waals surface area (Å²) in [7, 11) is 6.15. The summed E-state index contributed by atoms with van der Waals surface area (Å²) >= 11 is 0. The number of aryl methyl sites for hydroxylation is 2. The number of hydrogen-bond acceptors (Lipinski definition) is 3. The molecule has 0 bridgehead atoms. The van der Waals surface area contributed by atoms with Crippen molar-refractivity contribution < 1.29 is 4.79 Å². The molecule has 136 valence electrons. The van der Waals surface area contributed by atoms with Crippen molar-refractivity contribution in [3.05, 3.63) is 35.0 Å². The van der Waals surface area contributed by atoms with Crippen LogP contribution in [-0.4, -0.2) is 78.5 Å². The van der Waals surface area contributed by atoms with Crippen LogP contribution >= 0.6 is 0 Å². The van der Waals surface area contributed by atoms with Crippen molar-refractivity contribution in [2.45, 2.75) is 13.8 Å². The number of hydrogen-bond donors (Lipinski definition) is 0. The van der Waals surface area contributed by atoms with Gasteiger partial charge < -0.3 is 14.4 Å². The molecule has 2 aromatic rings. The van der Waals surface area contributed by atoms with Crippen molar-refractivity contribution in [1.82, 2.24) is 19.3 Å². The summed E-state index contributed by atoms with van der Waals surface area (Å²) in [5.74, 6) is 0.108. The highest BCUT2D eigenvalue weighted by molar-refractivity contribution is 5.99. The third kappa shape index (κ3) is 3.58. The Morgan fingerprint density at radius 1 is 1.12 bits per heavy atom. The Morgan fingerprint density at radius 3 is 2.48 bits per heavy atom. The molecule has 5 nitrogen and oxygen atoms in total. The van der Waals surface area contributed by atoms with E-state index in [4.69, 9.17) is 0 Å². The quantitative estimate of drug-likeness (QED) is 0.853. The van der Waals surface area contributed by atoms with Crippen LogP contribution in [0.5, 0.6) is 0 Å². The number of amides is 1. The first-order chi connectivity index (χ1) is 11.9. The molecule has 0 atom stereocenters. The van der Waals surface area contributed by atoms with Gasteiger partial charge in [-0.2, -0.15) is 0 Å². The number of carbonyl (C=O) groups excluding carboxylic acids is 1. The van der Waals surface area contributed by atoms with E-state index in [-0.39, 0.29) is 5.91 Å². The highest BCUT2D eigenvalue weighted by Gasteiger charge is 2.18. The van der Waals surface area contributed by atoms with Gasteiger partial charge in [0.1, 0.15) is 0 Å². The molecule has 25 heavy (non-hydrogen) atoms. The molecular formula is C20H30N4O. The molecule has 1 saturated heterocycles. The van der Waals surface area contributed by atoms with Gasteiger partial charge in [0, 0.05) is 75.5 Å². The van der Waals surface area contributed by atoms with Crippen molar-refractivity contribution in [3.8, 4) is 0 Å². The third-order valence-electron chi connectivity index (χ3n) is 5.75. The van der Waals surface area contributed by atoms with Gasteiger partial charge in [0.15, 0.2) is 0 Å². The van der Waals surface area contributed by atoms with E-state index in [9.17, 15) is 4.79 Å². The molecule has 0 unspecified atom stereocenters. The molecule has 2 heterocycles. The molecule has 1 aliphatic rings. The lowest BCUT2D eigenvalue weighted by Gasteiger charge is -2.33. The largest absolute Gasteiger partial charge is 0.348 e. The first-order valence-electron chi connectivity index (χ1n) is 9.10. The average molecular weight is 342 g/mol. The predicted molar refractivity (Wildman–Crippen MR) is 103 cm³/mol. The molecule has 0 N–H and O–H groups in total. The highest BCUT2D eigenvalue weighted by atomic mass is 16.2. The maximum Gasteiger partial charge on any atom is 0.253 e. The molecule has 1 aromatic carbocycles. The van der Waals surface area contributed by atoms with Crippen molar-refractivity contribution in [1.29, 1.82) is 0 Å². The van der Waals surface area contributed by atoms with Crippen LogP contribution in [0, 0.1) is 13.8 Å². The molecule has 0 radical (unpaired) electrons. The maximum atomic E-state index is 12.8. The minimum Gasteiger partial charge on any atom is -0.348 e. The summed E-state index contributed by atoms with van der Waals surface area (Å²) in [4.78, 5) is 19.5. The summed E-state index contributed by atoms with van der Waals surface area (Å²) in [5, 5.41) is 1.18. The van der Waals surface area contributed by atoms with Gasteiger partial charge in [-0.15, -0.1) is 0 Å². The van der Waals surface area contributed by atoms with Crippen LogP contribution < -0.4 is 0 Å². The monoisotopic (exact) mass is 342 g/mol. The molecule has 1 aliphatic heterocycles. The van der Waals surface area contributed by atoms with Crippen LogP contribution in [0.1, 0.15) is 21.6 Å². The number of piperazine rings is 1. The summed E-state index contributed by atoms with van der Waals surface area (Å²) in [6, 6.07) is 6.07. The van der Waals surface area contributed by atoms with E-state index in [0.717, 1.165) is 44.8 Å². The minimum atomic E-state index is 0.108. The molecule has 1 aromatic heterocycles. The Bertz CT molecular complexity index is 772. The lowest BCUT2D eigenvalue weighted by molar-refractivity contribution is 0.0760. The van der Waals surface area contributed by atoms with Crippen LogP contribution in [0.3, 0.4) is 0 Å². The van der Waals surface area contributed by atoms with Crippen LogP contribution in [0.25, 0.3) is 10.9 Å². The van der Waals surface area contributed by atoms with Gasteiger partial charge in [-0.25, -0.2) is 0 Å². The van der Waals surface area contributed by atoms with E-state index >= 15 is 0 Å². The SMILES string of the molecule is Cc1c(C)n(C)c2ccc(C(=O)N(C)CCN3CCN(C)CC3)cc12. The zero-order valence-electron chi connectivity index (χ0n) is 16.2. The van der Waals surface area contributed by atoms with Crippen molar-refractivity contribution in [2.24, 2.45) is 7.05 Å².